The van der Waals surface area contributed by atoms with Gasteiger partial charge in [-0.25, -0.2) is 0 Å². The number of ether oxygens (including phenoxy) is 2. The predicted molar refractivity (Wildman–Crippen MR) is 95.9 cm³/mol. The lowest BCUT2D eigenvalue weighted by Crippen LogP contribution is -2.17. The highest BCUT2D eigenvalue weighted by Gasteiger charge is 2.11. The third-order valence-electron chi connectivity index (χ3n) is 3.50. The van der Waals surface area contributed by atoms with E-state index < -0.39 is 0 Å². The Morgan fingerprint density at radius 1 is 1.12 bits per heavy atom. The summed E-state index contributed by atoms with van der Waals surface area (Å²) >= 11 is 3.46. The summed E-state index contributed by atoms with van der Waals surface area (Å²) in [7, 11) is 3.13. The van der Waals surface area contributed by atoms with E-state index in [9.17, 15) is 4.79 Å². The molecule has 2 aromatic carbocycles. The Morgan fingerprint density at radius 2 is 1.92 bits per heavy atom. The molecule has 24 heavy (non-hydrogen) atoms. The quantitative estimate of drug-likeness (QED) is 0.731. The predicted octanol–water partition coefficient (Wildman–Crippen LogP) is 4.16. The summed E-state index contributed by atoms with van der Waals surface area (Å²) in [5, 5.41) is 3.47. The Hall–Kier alpha value is -2.60. The molecule has 0 aliphatic rings. The average molecular weight is 387 g/mol. The van der Waals surface area contributed by atoms with E-state index in [1.54, 1.807) is 44.6 Å². The Kier molecular flexibility index (Phi) is 4.66. The minimum atomic E-state index is -0.207. The third kappa shape index (κ3) is 3.33. The number of hydrogen-bond donors (Lipinski definition) is 1. The Morgan fingerprint density at radius 3 is 2.67 bits per heavy atom. The minimum Gasteiger partial charge on any atom is -0.497 e. The first-order chi connectivity index (χ1) is 11.6. The van der Waals surface area contributed by atoms with Crippen molar-refractivity contribution in [1.82, 2.24) is 10.3 Å². The van der Waals surface area contributed by atoms with Crippen LogP contribution in [0.1, 0.15) is 10.4 Å². The summed E-state index contributed by atoms with van der Waals surface area (Å²) < 4.78 is 12.2. The highest BCUT2D eigenvalue weighted by atomic mass is 79.9. The van der Waals surface area contributed by atoms with Gasteiger partial charge >= 0.3 is 0 Å². The third-order valence-corrected chi connectivity index (χ3v) is 3.99. The molecular weight excluding hydrogens is 372 g/mol. The van der Waals surface area contributed by atoms with Crippen LogP contribution in [-0.2, 0) is 0 Å². The molecule has 0 fully saturated rings. The maximum Gasteiger partial charge on any atom is 0.251 e. The van der Waals surface area contributed by atoms with Crippen LogP contribution in [0.2, 0.25) is 0 Å². The van der Waals surface area contributed by atoms with Crippen molar-refractivity contribution in [2.45, 2.75) is 0 Å². The average Bonchev–Trinajstić information content (AvgIpc) is 2.61. The standard InChI is InChI=1S/C18H15BrN2O3/c1-20-18(22)11-7-13(23-2)10-14(8-11)24-17-5-6-21-16-4-3-12(19)9-15(16)17/h3-10H,1-2H3,(H,20,22). The summed E-state index contributed by atoms with van der Waals surface area (Å²) in [6, 6.07) is 12.6. The Bertz CT molecular complexity index is 912. The molecule has 0 bridgehead atoms. The number of benzene rings is 2. The van der Waals surface area contributed by atoms with Crippen molar-refractivity contribution in [2.24, 2.45) is 0 Å². The fourth-order valence-corrected chi connectivity index (χ4v) is 2.69. The maximum absolute atomic E-state index is 11.9. The van der Waals surface area contributed by atoms with Crippen LogP contribution in [0.25, 0.3) is 10.9 Å². The molecule has 1 heterocycles. The molecule has 6 heteroatoms. The smallest absolute Gasteiger partial charge is 0.251 e. The number of carbonyl (C=O) groups excluding carboxylic acids is 1. The molecule has 122 valence electrons. The number of nitrogens with one attached hydrogen (secondary N) is 1. The van der Waals surface area contributed by atoms with Gasteiger partial charge in [0.25, 0.3) is 5.91 Å². The number of carbonyl (C=O) groups is 1. The van der Waals surface area contributed by atoms with Gasteiger partial charge in [0.15, 0.2) is 0 Å². The van der Waals surface area contributed by atoms with Crippen molar-refractivity contribution in [3.63, 3.8) is 0 Å². The maximum atomic E-state index is 11.9. The topological polar surface area (TPSA) is 60.5 Å². The van der Waals surface area contributed by atoms with E-state index in [4.69, 9.17) is 9.47 Å². The Labute approximate surface area is 147 Å². The first-order valence-corrected chi connectivity index (χ1v) is 8.03. The molecule has 0 spiro atoms. The van der Waals surface area contributed by atoms with Gasteiger partial charge in [-0.15, -0.1) is 0 Å². The number of rotatable bonds is 4. The number of aromatic nitrogens is 1. The second-order valence-corrected chi connectivity index (χ2v) is 5.96. The molecule has 5 nitrogen and oxygen atoms in total. The zero-order valence-corrected chi connectivity index (χ0v) is 14.8. The fraction of sp³-hybridized carbons (Fsp3) is 0.111. The van der Waals surface area contributed by atoms with Crippen molar-refractivity contribution >= 4 is 32.7 Å². The van der Waals surface area contributed by atoms with Crippen LogP contribution < -0.4 is 14.8 Å². The summed E-state index contributed by atoms with van der Waals surface area (Å²) in [5.74, 6) is 1.50. The van der Waals surface area contributed by atoms with Gasteiger partial charge in [0, 0.05) is 34.7 Å². The molecule has 1 N–H and O–H groups in total. The van der Waals surface area contributed by atoms with Gasteiger partial charge < -0.3 is 14.8 Å². The minimum absolute atomic E-state index is 0.207. The van der Waals surface area contributed by atoms with Crippen LogP contribution in [0, 0.1) is 0 Å². The molecule has 0 atom stereocenters. The highest BCUT2D eigenvalue weighted by Crippen LogP contribution is 2.32. The van der Waals surface area contributed by atoms with Crippen LogP contribution in [0.3, 0.4) is 0 Å². The van der Waals surface area contributed by atoms with E-state index in [-0.39, 0.29) is 5.91 Å². The monoisotopic (exact) mass is 386 g/mol. The lowest BCUT2D eigenvalue weighted by molar-refractivity contribution is 0.0962. The van der Waals surface area contributed by atoms with E-state index in [1.165, 1.54) is 0 Å². The molecule has 0 radical (unpaired) electrons. The number of amides is 1. The number of pyridine rings is 1. The number of nitrogens with zero attached hydrogens (tertiary/aromatic N) is 1. The molecule has 0 aliphatic carbocycles. The summed E-state index contributed by atoms with van der Waals surface area (Å²) in [5.41, 5.74) is 1.29. The number of fused-ring (bicyclic) bond motifs is 1. The first kappa shape index (κ1) is 16.3. The number of hydrogen-bond acceptors (Lipinski definition) is 4. The van der Waals surface area contributed by atoms with Crippen molar-refractivity contribution in [3.05, 3.63) is 58.7 Å². The highest BCUT2D eigenvalue weighted by molar-refractivity contribution is 9.10. The van der Waals surface area contributed by atoms with Gasteiger partial charge in [-0.3, -0.25) is 9.78 Å². The fourth-order valence-electron chi connectivity index (χ4n) is 2.33. The van der Waals surface area contributed by atoms with Crippen LogP contribution in [0.15, 0.2) is 53.1 Å². The zero-order valence-electron chi connectivity index (χ0n) is 13.2. The van der Waals surface area contributed by atoms with Crippen LogP contribution in [0.5, 0.6) is 17.2 Å². The normalized spacial score (nSPS) is 10.5. The molecule has 1 aromatic heterocycles. The Balaban J connectivity index is 2.05. The van der Waals surface area contributed by atoms with Crippen LogP contribution in [-0.4, -0.2) is 25.0 Å². The van der Waals surface area contributed by atoms with Gasteiger partial charge in [0.2, 0.25) is 0 Å². The number of halogens is 1. The van der Waals surface area contributed by atoms with Crippen LogP contribution in [0.4, 0.5) is 0 Å². The van der Waals surface area contributed by atoms with Gasteiger partial charge in [-0.1, -0.05) is 15.9 Å². The summed E-state index contributed by atoms with van der Waals surface area (Å²) in [4.78, 5) is 16.2. The van der Waals surface area contributed by atoms with Gasteiger partial charge in [0.05, 0.1) is 12.6 Å². The lowest BCUT2D eigenvalue weighted by atomic mass is 10.1. The molecule has 1 amide bonds. The molecular formula is C18H15BrN2O3. The second kappa shape index (κ2) is 6.88. The largest absolute Gasteiger partial charge is 0.497 e. The van der Waals surface area contributed by atoms with Gasteiger partial charge in [0.1, 0.15) is 17.2 Å². The van der Waals surface area contributed by atoms with Gasteiger partial charge in [-0.2, -0.15) is 0 Å². The molecule has 3 aromatic rings. The molecule has 0 aliphatic heterocycles. The number of methoxy groups -OCH3 is 1. The van der Waals surface area contributed by atoms with Crippen LogP contribution >= 0.6 is 15.9 Å². The van der Waals surface area contributed by atoms with E-state index in [0.29, 0.717) is 22.8 Å². The van der Waals surface area contributed by atoms with Crippen molar-refractivity contribution < 1.29 is 14.3 Å². The van der Waals surface area contributed by atoms with E-state index in [0.717, 1.165) is 15.4 Å². The van der Waals surface area contributed by atoms with E-state index >= 15 is 0 Å². The van der Waals surface area contributed by atoms with Crippen molar-refractivity contribution in [2.75, 3.05) is 14.2 Å². The molecule has 0 unspecified atom stereocenters. The summed E-state index contributed by atoms with van der Waals surface area (Å²) in [6.45, 7) is 0. The summed E-state index contributed by atoms with van der Waals surface area (Å²) in [6.07, 6.45) is 1.69. The molecule has 0 saturated carbocycles. The molecule has 0 saturated heterocycles. The SMILES string of the molecule is CNC(=O)c1cc(OC)cc(Oc2ccnc3ccc(Br)cc23)c1. The van der Waals surface area contributed by atoms with E-state index in [2.05, 4.69) is 26.2 Å². The van der Waals surface area contributed by atoms with Crippen molar-refractivity contribution in [3.8, 4) is 17.2 Å². The van der Waals surface area contributed by atoms with E-state index in [1.807, 2.05) is 18.2 Å². The van der Waals surface area contributed by atoms with Gasteiger partial charge in [-0.05, 0) is 36.4 Å². The molecule has 3 rings (SSSR count). The zero-order chi connectivity index (χ0) is 17.1. The first-order valence-electron chi connectivity index (χ1n) is 7.24. The second-order valence-electron chi connectivity index (χ2n) is 5.05. The lowest BCUT2D eigenvalue weighted by Gasteiger charge is -2.12. The van der Waals surface area contributed by atoms with Crippen molar-refractivity contribution in [1.29, 1.82) is 0 Å².